The fourth-order valence-electron chi connectivity index (χ4n) is 3.31. The van der Waals surface area contributed by atoms with Gasteiger partial charge in [0.25, 0.3) is 23.2 Å². The monoisotopic (exact) mass is 588 g/mol. The molecule has 0 saturated heterocycles. The predicted molar refractivity (Wildman–Crippen MR) is 147 cm³/mol. The summed E-state index contributed by atoms with van der Waals surface area (Å²) in [4.78, 5) is 44.0. The minimum atomic E-state index is -0.652. The molecule has 3 aromatic carbocycles. The van der Waals surface area contributed by atoms with E-state index in [4.69, 9.17) is 27.6 Å². The van der Waals surface area contributed by atoms with Crippen molar-refractivity contribution >= 4 is 57.8 Å². The number of carbonyl (C=O) groups excluding carboxylic acids is 2. The molecule has 0 atom stereocenters. The third kappa shape index (κ3) is 7.18. The number of benzene rings is 3. The second kappa shape index (κ2) is 12.8. The number of aryl methyl sites for hydroxylation is 2. The molecule has 0 aliphatic rings. The Bertz CT molecular complexity index is 1610. The number of nitrogens with zero attached hydrogens (tertiary/aromatic N) is 2. The van der Waals surface area contributed by atoms with E-state index < -0.39 is 27.5 Å². The van der Waals surface area contributed by atoms with Crippen molar-refractivity contribution in [2.24, 2.45) is 0 Å². The van der Waals surface area contributed by atoms with Crippen molar-refractivity contribution in [1.29, 1.82) is 0 Å². The van der Waals surface area contributed by atoms with Crippen LogP contribution >= 0.6 is 23.2 Å². The topological polar surface area (TPSA) is 158 Å². The van der Waals surface area contributed by atoms with Crippen LogP contribution in [0.2, 0.25) is 10.0 Å². The molecule has 2 N–H and O–H groups in total. The van der Waals surface area contributed by atoms with E-state index in [1.807, 2.05) is 0 Å². The summed E-state index contributed by atoms with van der Waals surface area (Å²) >= 11 is 11.6. The first-order valence-corrected chi connectivity index (χ1v) is 11.9. The maximum absolute atomic E-state index is 13.5. The van der Waals surface area contributed by atoms with Crippen LogP contribution in [0.15, 0.2) is 71.3 Å². The maximum atomic E-state index is 13.5. The molecule has 40 heavy (non-hydrogen) atoms. The number of furan rings is 1. The fraction of sp³-hybridized carbons (Fsp3) is 0.0769. The summed E-state index contributed by atoms with van der Waals surface area (Å²) in [5.74, 6) is -1.60. The van der Waals surface area contributed by atoms with Gasteiger partial charge in [0.1, 0.15) is 15.9 Å². The van der Waals surface area contributed by atoms with E-state index in [1.165, 1.54) is 60.9 Å². The largest absolute Gasteiger partial charge is 0.459 e. The molecule has 0 fully saturated rings. The van der Waals surface area contributed by atoms with Gasteiger partial charge in [0.2, 0.25) is 0 Å². The molecule has 4 rings (SSSR count). The highest BCUT2D eigenvalue weighted by molar-refractivity contribution is 6.33. The average molecular weight is 589 g/mol. The number of anilines is 2. The van der Waals surface area contributed by atoms with Crippen LogP contribution in [0, 0.1) is 39.9 Å². The van der Waals surface area contributed by atoms with Crippen LogP contribution in [-0.2, 0) is 0 Å². The third-order valence-electron chi connectivity index (χ3n) is 5.34. The average Bonchev–Trinajstić information content (AvgIpc) is 3.43. The van der Waals surface area contributed by atoms with Gasteiger partial charge in [-0.05, 0) is 61.4 Å². The van der Waals surface area contributed by atoms with Gasteiger partial charge in [-0.25, -0.2) is 4.39 Å². The zero-order valence-corrected chi connectivity index (χ0v) is 22.2. The van der Waals surface area contributed by atoms with Crippen molar-refractivity contribution < 1.29 is 28.2 Å². The van der Waals surface area contributed by atoms with Crippen LogP contribution in [0.25, 0.3) is 0 Å². The summed E-state index contributed by atoms with van der Waals surface area (Å²) in [6, 6.07) is 13.8. The fourth-order valence-corrected chi connectivity index (χ4v) is 3.77. The SMILES string of the molecule is Cc1cc([N+](=O)[O-])c(Cl)cc1NC(=O)c1ccccc1F.Cc1cc([N+](=O)[O-])c(Cl)cc1NC(=O)c1ccco1. The molecule has 2 amide bonds. The summed E-state index contributed by atoms with van der Waals surface area (Å²) in [6.45, 7) is 3.22. The molecule has 0 aliphatic carbocycles. The number of halogens is 3. The molecule has 0 aliphatic heterocycles. The molecule has 4 aromatic rings. The second-order valence-corrected chi connectivity index (χ2v) is 8.93. The summed E-state index contributed by atoms with van der Waals surface area (Å²) in [5, 5.41) is 26.4. The normalized spacial score (nSPS) is 10.2. The number of hydrogen-bond acceptors (Lipinski definition) is 7. The Morgan fingerprint density at radius 1 is 0.800 bits per heavy atom. The van der Waals surface area contributed by atoms with Crippen LogP contribution < -0.4 is 10.6 Å². The van der Waals surface area contributed by atoms with Crippen molar-refractivity contribution in [3.05, 3.63) is 125 Å². The Balaban J connectivity index is 0.000000222. The molecule has 0 saturated carbocycles. The van der Waals surface area contributed by atoms with Crippen molar-refractivity contribution in [2.45, 2.75) is 13.8 Å². The minimum absolute atomic E-state index is 0.0367. The van der Waals surface area contributed by atoms with Crippen molar-refractivity contribution in [2.75, 3.05) is 10.6 Å². The first-order chi connectivity index (χ1) is 18.9. The molecule has 0 spiro atoms. The maximum Gasteiger partial charge on any atom is 0.291 e. The van der Waals surface area contributed by atoms with Gasteiger partial charge in [0.15, 0.2) is 5.76 Å². The Kier molecular flexibility index (Phi) is 9.54. The van der Waals surface area contributed by atoms with Gasteiger partial charge in [0.05, 0.1) is 21.7 Å². The lowest BCUT2D eigenvalue weighted by atomic mass is 10.1. The van der Waals surface area contributed by atoms with E-state index in [9.17, 15) is 34.2 Å². The zero-order chi connectivity index (χ0) is 29.6. The Morgan fingerprint density at radius 2 is 1.30 bits per heavy atom. The Labute approximate surface area is 235 Å². The Hall–Kier alpha value is -4.81. The number of nitro benzene ring substituents is 2. The third-order valence-corrected chi connectivity index (χ3v) is 5.95. The molecular formula is C26H19Cl2FN4O7. The first-order valence-electron chi connectivity index (χ1n) is 11.2. The predicted octanol–water partition coefficient (Wildman–Crippen LogP) is 7.35. The van der Waals surface area contributed by atoms with E-state index in [0.717, 1.165) is 0 Å². The van der Waals surface area contributed by atoms with E-state index >= 15 is 0 Å². The standard InChI is InChI=1S/C14H10ClFN2O3.C12H9ClN2O4/c1-8-6-13(18(20)21)10(15)7-12(8)17-14(19)9-4-2-3-5-11(9)16;1-7-5-10(15(17)18)8(13)6-9(7)14-12(16)11-3-2-4-19-11/h2-7H,1H3,(H,17,19);2-6H,1H3,(H,14,16). The number of hydrogen-bond donors (Lipinski definition) is 2. The molecule has 1 aromatic heterocycles. The van der Waals surface area contributed by atoms with Crippen molar-refractivity contribution in [1.82, 2.24) is 0 Å². The smallest absolute Gasteiger partial charge is 0.291 e. The quantitative estimate of drug-likeness (QED) is 0.176. The van der Waals surface area contributed by atoms with Gasteiger partial charge in [-0.15, -0.1) is 0 Å². The van der Waals surface area contributed by atoms with E-state index in [-0.39, 0.29) is 32.7 Å². The van der Waals surface area contributed by atoms with Crippen molar-refractivity contribution in [3.63, 3.8) is 0 Å². The summed E-state index contributed by atoms with van der Waals surface area (Å²) in [6.07, 6.45) is 1.38. The highest BCUT2D eigenvalue weighted by Gasteiger charge is 2.19. The number of nitro groups is 2. The van der Waals surface area contributed by atoms with Crippen LogP contribution in [0.4, 0.5) is 27.1 Å². The second-order valence-electron chi connectivity index (χ2n) is 8.12. The van der Waals surface area contributed by atoms with Gasteiger partial charge >= 0.3 is 0 Å². The van der Waals surface area contributed by atoms with Crippen LogP contribution in [0.3, 0.4) is 0 Å². The summed E-state index contributed by atoms with van der Waals surface area (Å²) < 4.78 is 18.5. The lowest BCUT2D eigenvalue weighted by Crippen LogP contribution is -2.14. The summed E-state index contributed by atoms with van der Waals surface area (Å²) in [5.41, 5.74) is 1.11. The lowest BCUT2D eigenvalue weighted by Gasteiger charge is -2.09. The first kappa shape index (κ1) is 29.7. The molecule has 0 unspecified atom stereocenters. The lowest BCUT2D eigenvalue weighted by molar-refractivity contribution is -0.384. The van der Waals surface area contributed by atoms with Gasteiger partial charge in [-0.1, -0.05) is 35.3 Å². The number of amides is 2. The van der Waals surface area contributed by atoms with Gasteiger partial charge in [-0.2, -0.15) is 0 Å². The highest BCUT2D eigenvalue weighted by atomic mass is 35.5. The highest BCUT2D eigenvalue weighted by Crippen LogP contribution is 2.32. The minimum Gasteiger partial charge on any atom is -0.459 e. The molecule has 14 heteroatoms. The van der Waals surface area contributed by atoms with Gasteiger partial charge in [-0.3, -0.25) is 29.8 Å². The molecule has 11 nitrogen and oxygen atoms in total. The van der Waals surface area contributed by atoms with E-state index in [0.29, 0.717) is 22.5 Å². The van der Waals surface area contributed by atoms with Crippen LogP contribution in [0.1, 0.15) is 32.0 Å². The molecule has 0 bridgehead atoms. The number of nitrogens with one attached hydrogen (secondary N) is 2. The molecule has 206 valence electrons. The molecular weight excluding hydrogens is 570 g/mol. The molecule has 1 heterocycles. The number of rotatable bonds is 6. The Morgan fingerprint density at radius 3 is 1.75 bits per heavy atom. The molecule has 0 radical (unpaired) electrons. The van der Waals surface area contributed by atoms with Crippen LogP contribution in [0.5, 0.6) is 0 Å². The van der Waals surface area contributed by atoms with Gasteiger partial charge in [0, 0.05) is 23.5 Å². The number of carbonyl (C=O) groups is 2. The van der Waals surface area contributed by atoms with E-state index in [2.05, 4.69) is 10.6 Å². The van der Waals surface area contributed by atoms with Crippen molar-refractivity contribution in [3.8, 4) is 0 Å². The van der Waals surface area contributed by atoms with Gasteiger partial charge < -0.3 is 15.1 Å². The summed E-state index contributed by atoms with van der Waals surface area (Å²) in [7, 11) is 0. The van der Waals surface area contributed by atoms with Crippen LogP contribution in [-0.4, -0.2) is 21.7 Å². The van der Waals surface area contributed by atoms with E-state index in [1.54, 1.807) is 19.9 Å². The zero-order valence-electron chi connectivity index (χ0n) is 20.7.